The van der Waals surface area contributed by atoms with Gasteiger partial charge in [-0.05, 0) is 22.0 Å². The maximum absolute atomic E-state index is 11.8. The first-order chi connectivity index (χ1) is 9.88. The van der Waals surface area contributed by atoms with Gasteiger partial charge in [0.1, 0.15) is 16.6 Å². The number of hydrogen-bond donors (Lipinski definition) is 0. The molecule has 1 aromatic rings. The highest BCUT2D eigenvalue weighted by atomic mass is 79.9. The molecule has 0 aromatic heterocycles. The monoisotopic (exact) mass is 358 g/mol. The van der Waals surface area contributed by atoms with Crippen LogP contribution in [0.15, 0.2) is 10.5 Å². The lowest BCUT2D eigenvalue weighted by Crippen LogP contribution is -2.36. The molecule has 0 radical (unpaired) electrons. The van der Waals surface area contributed by atoms with Crippen molar-refractivity contribution in [1.82, 2.24) is 0 Å². The first-order valence-electron chi connectivity index (χ1n) is 5.88. The van der Waals surface area contributed by atoms with Crippen LogP contribution >= 0.6 is 15.9 Å². The molecule has 8 nitrogen and oxygen atoms in total. The molecule has 0 atom stereocenters. The zero-order valence-electron chi connectivity index (χ0n) is 11.2. The van der Waals surface area contributed by atoms with E-state index in [9.17, 15) is 19.7 Å². The fraction of sp³-hybridized carbons (Fsp3) is 0.333. The van der Waals surface area contributed by atoms with E-state index >= 15 is 0 Å². The van der Waals surface area contributed by atoms with Crippen LogP contribution in [0.5, 0.6) is 5.75 Å². The van der Waals surface area contributed by atoms with Crippen LogP contribution in [0.3, 0.4) is 0 Å². The van der Waals surface area contributed by atoms with Gasteiger partial charge in [-0.1, -0.05) is 0 Å². The Morgan fingerprint density at radius 1 is 1.52 bits per heavy atom. The predicted octanol–water partition coefficient (Wildman–Crippen LogP) is 1.89. The number of benzene rings is 1. The van der Waals surface area contributed by atoms with Crippen LogP contribution in [-0.2, 0) is 9.53 Å². The number of nitro benzene ring substituents is 1. The summed E-state index contributed by atoms with van der Waals surface area (Å²) < 4.78 is 9.97. The Morgan fingerprint density at radius 3 is 2.71 bits per heavy atom. The standard InChI is InChI=1S/C12H11BrN2O6/c1-6(16)14-3-4-21-11-8(14)5-7(12(17)20-2)10(9(11)13)15(18)19/h5H,3-4H2,1-2H3. The molecule has 1 heterocycles. The molecule has 112 valence electrons. The smallest absolute Gasteiger partial charge is 0.345 e. The number of fused-ring (bicyclic) bond motifs is 1. The van der Waals surface area contributed by atoms with Crippen LogP contribution in [0.2, 0.25) is 0 Å². The molecule has 1 amide bonds. The minimum absolute atomic E-state index is 0.0105. The van der Waals surface area contributed by atoms with Gasteiger partial charge in [-0.3, -0.25) is 14.9 Å². The fourth-order valence-corrected chi connectivity index (χ4v) is 2.75. The van der Waals surface area contributed by atoms with Crippen molar-refractivity contribution in [3.8, 4) is 5.75 Å². The van der Waals surface area contributed by atoms with E-state index < -0.39 is 16.6 Å². The molecule has 0 aliphatic carbocycles. The molecule has 0 saturated carbocycles. The van der Waals surface area contributed by atoms with Gasteiger partial charge >= 0.3 is 11.7 Å². The Kier molecular flexibility index (Phi) is 4.12. The maximum atomic E-state index is 11.8. The number of halogens is 1. The van der Waals surface area contributed by atoms with Crippen molar-refractivity contribution in [3.05, 3.63) is 26.2 Å². The van der Waals surface area contributed by atoms with Gasteiger partial charge in [-0.15, -0.1) is 0 Å². The summed E-state index contributed by atoms with van der Waals surface area (Å²) >= 11 is 3.08. The van der Waals surface area contributed by atoms with E-state index in [1.807, 2.05) is 0 Å². The summed E-state index contributed by atoms with van der Waals surface area (Å²) in [5.41, 5.74) is -0.400. The lowest BCUT2D eigenvalue weighted by molar-refractivity contribution is -0.386. The van der Waals surface area contributed by atoms with E-state index in [0.29, 0.717) is 12.2 Å². The quantitative estimate of drug-likeness (QED) is 0.454. The number of amides is 1. The number of nitrogens with zero attached hydrogens (tertiary/aromatic N) is 2. The second-order valence-corrected chi connectivity index (χ2v) is 5.00. The number of carbonyl (C=O) groups excluding carboxylic acids is 2. The van der Waals surface area contributed by atoms with Crippen LogP contribution in [0.1, 0.15) is 17.3 Å². The highest BCUT2D eigenvalue weighted by Crippen LogP contribution is 2.45. The fourth-order valence-electron chi connectivity index (χ4n) is 2.08. The molecular weight excluding hydrogens is 348 g/mol. The number of carbonyl (C=O) groups is 2. The third-order valence-electron chi connectivity index (χ3n) is 3.00. The molecule has 0 spiro atoms. The molecule has 0 bridgehead atoms. The summed E-state index contributed by atoms with van der Waals surface area (Å²) in [7, 11) is 1.12. The maximum Gasteiger partial charge on any atom is 0.345 e. The Labute approximate surface area is 127 Å². The van der Waals surface area contributed by atoms with E-state index in [-0.39, 0.29) is 28.3 Å². The topological polar surface area (TPSA) is 99.0 Å². The van der Waals surface area contributed by atoms with E-state index in [1.165, 1.54) is 17.9 Å². The van der Waals surface area contributed by atoms with Gasteiger partial charge in [0.2, 0.25) is 5.91 Å². The number of methoxy groups -OCH3 is 1. The van der Waals surface area contributed by atoms with Crippen molar-refractivity contribution in [2.24, 2.45) is 0 Å². The molecular formula is C12H11BrN2O6. The van der Waals surface area contributed by atoms with E-state index in [4.69, 9.17) is 4.74 Å². The van der Waals surface area contributed by atoms with E-state index in [0.717, 1.165) is 7.11 Å². The van der Waals surface area contributed by atoms with Crippen molar-refractivity contribution in [2.75, 3.05) is 25.2 Å². The van der Waals surface area contributed by atoms with Gasteiger partial charge in [0, 0.05) is 6.92 Å². The second-order valence-electron chi connectivity index (χ2n) is 4.20. The number of rotatable bonds is 2. The van der Waals surface area contributed by atoms with Crippen molar-refractivity contribution >= 4 is 39.2 Å². The summed E-state index contributed by atoms with van der Waals surface area (Å²) in [4.78, 5) is 35.3. The molecule has 0 saturated heterocycles. The van der Waals surface area contributed by atoms with Crippen LogP contribution in [0.25, 0.3) is 0 Å². The number of anilines is 1. The average Bonchev–Trinajstić information content (AvgIpc) is 2.44. The number of nitro groups is 1. The van der Waals surface area contributed by atoms with Crippen molar-refractivity contribution < 1.29 is 24.0 Å². The van der Waals surface area contributed by atoms with E-state index in [2.05, 4.69) is 20.7 Å². The number of ether oxygens (including phenoxy) is 2. The van der Waals surface area contributed by atoms with Crippen LogP contribution < -0.4 is 9.64 Å². The molecule has 1 aromatic carbocycles. The first kappa shape index (κ1) is 15.2. The van der Waals surface area contributed by atoms with Crippen molar-refractivity contribution in [1.29, 1.82) is 0 Å². The third-order valence-corrected chi connectivity index (χ3v) is 3.73. The number of esters is 1. The van der Waals surface area contributed by atoms with Gasteiger partial charge in [0.05, 0.1) is 24.3 Å². The highest BCUT2D eigenvalue weighted by molar-refractivity contribution is 9.10. The molecule has 21 heavy (non-hydrogen) atoms. The summed E-state index contributed by atoms with van der Waals surface area (Å²) in [6, 6.07) is 1.24. The average molecular weight is 359 g/mol. The van der Waals surface area contributed by atoms with Crippen LogP contribution in [0, 0.1) is 10.1 Å². The summed E-state index contributed by atoms with van der Waals surface area (Å²) in [6.45, 7) is 1.87. The molecule has 9 heteroatoms. The molecule has 0 unspecified atom stereocenters. The summed E-state index contributed by atoms with van der Waals surface area (Å²) in [5, 5.41) is 11.2. The first-order valence-corrected chi connectivity index (χ1v) is 6.67. The molecule has 1 aliphatic heterocycles. The van der Waals surface area contributed by atoms with Crippen LogP contribution in [0.4, 0.5) is 11.4 Å². The van der Waals surface area contributed by atoms with Gasteiger partial charge in [0.15, 0.2) is 5.75 Å². The van der Waals surface area contributed by atoms with Crippen molar-refractivity contribution in [2.45, 2.75) is 6.92 Å². The Bertz CT molecular complexity index is 645. The Hall–Kier alpha value is -2.16. The Balaban J connectivity index is 2.75. The molecule has 2 rings (SSSR count). The summed E-state index contributed by atoms with van der Waals surface area (Å²) in [5.74, 6) is -0.953. The van der Waals surface area contributed by atoms with Gasteiger partial charge in [-0.25, -0.2) is 4.79 Å². The minimum atomic E-state index is -0.862. The Morgan fingerprint density at radius 2 is 2.19 bits per heavy atom. The highest BCUT2D eigenvalue weighted by Gasteiger charge is 2.34. The van der Waals surface area contributed by atoms with Crippen molar-refractivity contribution in [3.63, 3.8) is 0 Å². The van der Waals surface area contributed by atoms with Gasteiger partial charge in [-0.2, -0.15) is 0 Å². The third kappa shape index (κ3) is 2.56. The number of hydrogen-bond acceptors (Lipinski definition) is 6. The normalized spacial score (nSPS) is 13.2. The molecule has 0 fully saturated rings. The van der Waals surface area contributed by atoms with Gasteiger partial charge in [0.25, 0.3) is 0 Å². The zero-order chi connectivity index (χ0) is 15.7. The van der Waals surface area contributed by atoms with Crippen LogP contribution in [-0.4, -0.2) is 37.1 Å². The van der Waals surface area contributed by atoms with E-state index in [1.54, 1.807) is 0 Å². The lowest BCUT2D eigenvalue weighted by Gasteiger charge is -2.29. The largest absolute Gasteiger partial charge is 0.488 e. The predicted molar refractivity (Wildman–Crippen MR) is 75.7 cm³/mol. The van der Waals surface area contributed by atoms with Gasteiger partial charge < -0.3 is 14.4 Å². The zero-order valence-corrected chi connectivity index (χ0v) is 12.8. The minimum Gasteiger partial charge on any atom is -0.488 e. The molecule has 0 N–H and O–H groups in total. The summed E-state index contributed by atoms with van der Waals surface area (Å²) in [6.07, 6.45) is 0. The second kappa shape index (κ2) is 5.68. The lowest BCUT2D eigenvalue weighted by atomic mass is 10.1. The molecule has 1 aliphatic rings. The SMILES string of the molecule is COC(=O)c1cc2c(c(Br)c1[N+](=O)[O-])OCCN2C(C)=O.